The molecule has 2 heterocycles. The average molecular weight is 333 g/mol. The van der Waals surface area contributed by atoms with Gasteiger partial charge in [0, 0.05) is 12.2 Å². The monoisotopic (exact) mass is 332 g/mol. The highest BCUT2D eigenvalue weighted by molar-refractivity contribution is 7.89. The van der Waals surface area contributed by atoms with Crippen LogP contribution in [0.3, 0.4) is 0 Å². The maximum absolute atomic E-state index is 12.1. The van der Waals surface area contributed by atoms with Crippen LogP contribution >= 0.6 is 22.9 Å². The fourth-order valence-electron chi connectivity index (χ4n) is 1.73. The Balaban J connectivity index is 2.14. The maximum Gasteiger partial charge on any atom is 0.266 e. The topological polar surface area (TPSA) is 79.0 Å². The first-order chi connectivity index (χ1) is 9.38. The summed E-state index contributed by atoms with van der Waals surface area (Å²) in [4.78, 5) is 13.4. The molecule has 2 rings (SSSR count). The van der Waals surface area contributed by atoms with Crippen molar-refractivity contribution in [1.29, 1.82) is 0 Å². The number of thiophene rings is 1. The van der Waals surface area contributed by atoms with E-state index in [9.17, 15) is 13.2 Å². The lowest BCUT2D eigenvalue weighted by Gasteiger charge is -2.13. The molecule has 0 saturated heterocycles. The van der Waals surface area contributed by atoms with E-state index in [-0.39, 0.29) is 16.0 Å². The van der Waals surface area contributed by atoms with Crippen LogP contribution in [-0.4, -0.2) is 19.4 Å². The number of pyridine rings is 1. The van der Waals surface area contributed by atoms with Gasteiger partial charge >= 0.3 is 0 Å². The Morgan fingerprint density at radius 3 is 2.85 bits per heavy atom. The molecule has 0 aliphatic rings. The maximum atomic E-state index is 12.1. The van der Waals surface area contributed by atoms with Gasteiger partial charge in [0.25, 0.3) is 5.56 Å². The molecule has 0 spiro atoms. The highest BCUT2D eigenvalue weighted by Gasteiger charge is 2.18. The van der Waals surface area contributed by atoms with E-state index in [0.717, 1.165) is 17.8 Å². The number of hydrogen-bond acceptors (Lipinski definition) is 4. The van der Waals surface area contributed by atoms with Crippen LogP contribution in [0.5, 0.6) is 0 Å². The average Bonchev–Trinajstić information content (AvgIpc) is 2.84. The van der Waals surface area contributed by atoms with Crippen molar-refractivity contribution in [3.8, 4) is 0 Å². The third-order valence-electron chi connectivity index (χ3n) is 2.62. The van der Waals surface area contributed by atoms with Gasteiger partial charge in [0.05, 0.1) is 4.90 Å². The van der Waals surface area contributed by atoms with Crippen molar-refractivity contribution in [2.45, 2.75) is 24.3 Å². The number of aromatic amines is 1. The summed E-state index contributed by atoms with van der Waals surface area (Å²) in [6, 6.07) is 2.83. The van der Waals surface area contributed by atoms with Crippen LogP contribution in [0.1, 0.15) is 12.5 Å². The predicted octanol–water partition coefficient (Wildman–Crippen LogP) is 2.00. The fraction of sp³-hybridized carbons (Fsp3) is 0.250. The van der Waals surface area contributed by atoms with Crippen molar-refractivity contribution in [2.75, 3.05) is 0 Å². The molecule has 0 saturated carbocycles. The van der Waals surface area contributed by atoms with Gasteiger partial charge < -0.3 is 4.98 Å². The Hall–Kier alpha value is -1.15. The normalized spacial score (nSPS) is 13.3. The van der Waals surface area contributed by atoms with E-state index in [2.05, 4.69) is 9.71 Å². The van der Waals surface area contributed by atoms with Crippen molar-refractivity contribution in [1.82, 2.24) is 9.71 Å². The summed E-state index contributed by atoms with van der Waals surface area (Å²) < 4.78 is 26.8. The van der Waals surface area contributed by atoms with Gasteiger partial charge in [-0.25, -0.2) is 13.1 Å². The Morgan fingerprint density at radius 2 is 2.25 bits per heavy atom. The molecule has 0 radical (unpaired) electrons. The number of nitrogens with one attached hydrogen (secondary N) is 2. The standard InChI is InChI=1S/C12H13ClN2O3S2/c1-8(4-9-2-3-19-7-9)15-20(17,18)10-5-11(13)12(16)14-6-10/h2-3,5-8,15H,4H2,1H3,(H,14,16). The minimum Gasteiger partial charge on any atom is -0.326 e. The van der Waals surface area contributed by atoms with Crippen LogP contribution in [0, 0.1) is 0 Å². The second-order valence-corrected chi connectivity index (χ2v) is 7.27. The third kappa shape index (κ3) is 3.69. The van der Waals surface area contributed by atoms with E-state index >= 15 is 0 Å². The van der Waals surface area contributed by atoms with Crippen molar-refractivity contribution >= 4 is 33.0 Å². The van der Waals surface area contributed by atoms with E-state index in [1.807, 2.05) is 16.8 Å². The van der Waals surface area contributed by atoms with Gasteiger partial charge in [0.1, 0.15) is 5.02 Å². The molecule has 0 aromatic carbocycles. The number of rotatable bonds is 5. The summed E-state index contributed by atoms with van der Waals surface area (Å²) in [5.74, 6) is 0. The Morgan fingerprint density at radius 1 is 1.50 bits per heavy atom. The van der Waals surface area contributed by atoms with Crippen molar-refractivity contribution < 1.29 is 8.42 Å². The van der Waals surface area contributed by atoms with Crippen LogP contribution in [0.2, 0.25) is 5.02 Å². The minimum atomic E-state index is -3.70. The largest absolute Gasteiger partial charge is 0.326 e. The number of hydrogen-bond donors (Lipinski definition) is 2. The smallest absolute Gasteiger partial charge is 0.266 e. The van der Waals surface area contributed by atoms with Gasteiger partial charge in [-0.1, -0.05) is 11.6 Å². The van der Waals surface area contributed by atoms with Gasteiger partial charge in [0.2, 0.25) is 10.0 Å². The van der Waals surface area contributed by atoms with Gasteiger partial charge in [-0.05, 0) is 41.8 Å². The van der Waals surface area contributed by atoms with Gasteiger partial charge in [-0.3, -0.25) is 4.79 Å². The number of halogens is 1. The molecule has 0 fully saturated rings. The van der Waals surface area contributed by atoms with Crippen LogP contribution in [0.15, 0.2) is 38.8 Å². The molecule has 8 heteroatoms. The van der Waals surface area contributed by atoms with Crippen LogP contribution in [0.25, 0.3) is 0 Å². The first-order valence-electron chi connectivity index (χ1n) is 5.80. The van der Waals surface area contributed by atoms with Crippen molar-refractivity contribution in [3.05, 3.63) is 50.0 Å². The van der Waals surface area contributed by atoms with Gasteiger partial charge in [-0.2, -0.15) is 11.3 Å². The molecule has 0 bridgehead atoms. The lowest BCUT2D eigenvalue weighted by molar-refractivity contribution is 0.559. The highest BCUT2D eigenvalue weighted by Crippen LogP contribution is 2.13. The first-order valence-corrected chi connectivity index (χ1v) is 8.60. The molecule has 2 aromatic heterocycles. The summed E-state index contributed by atoms with van der Waals surface area (Å²) in [5, 5.41) is 3.76. The Bertz CT molecular complexity index is 738. The highest BCUT2D eigenvalue weighted by atomic mass is 35.5. The second kappa shape index (κ2) is 6.09. The van der Waals surface area contributed by atoms with Crippen LogP contribution < -0.4 is 10.3 Å². The zero-order valence-electron chi connectivity index (χ0n) is 10.6. The molecule has 1 atom stereocenters. The molecule has 108 valence electrons. The summed E-state index contributed by atoms with van der Waals surface area (Å²) in [6.07, 6.45) is 1.73. The summed E-state index contributed by atoms with van der Waals surface area (Å²) in [7, 11) is -3.70. The SMILES string of the molecule is CC(Cc1ccsc1)NS(=O)(=O)c1c[nH]c(=O)c(Cl)c1. The Kier molecular flexibility index (Phi) is 4.64. The molecule has 2 N–H and O–H groups in total. The lowest BCUT2D eigenvalue weighted by Crippen LogP contribution is -2.34. The summed E-state index contributed by atoms with van der Waals surface area (Å²) in [5.41, 5.74) is 0.557. The third-order valence-corrected chi connectivity index (χ3v) is 5.20. The zero-order valence-corrected chi connectivity index (χ0v) is 13.0. The molecule has 2 aromatic rings. The molecule has 1 unspecified atom stereocenters. The lowest BCUT2D eigenvalue weighted by atomic mass is 10.1. The van der Waals surface area contributed by atoms with E-state index in [0.29, 0.717) is 6.42 Å². The summed E-state index contributed by atoms with van der Waals surface area (Å²) in [6.45, 7) is 1.78. The molecular weight excluding hydrogens is 320 g/mol. The molecule has 5 nitrogen and oxygen atoms in total. The van der Waals surface area contributed by atoms with Crippen molar-refractivity contribution in [2.24, 2.45) is 0 Å². The zero-order chi connectivity index (χ0) is 14.8. The van der Waals surface area contributed by atoms with E-state index in [4.69, 9.17) is 11.6 Å². The number of aromatic nitrogens is 1. The van der Waals surface area contributed by atoms with Gasteiger partial charge in [0.15, 0.2) is 0 Å². The van der Waals surface area contributed by atoms with E-state index < -0.39 is 15.6 Å². The molecule has 0 aliphatic heterocycles. The Labute approximate surface area is 125 Å². The predicted molar refractivity (Wildman–Crippen MR) is 79.9 cm³/mol. The summed E-state index contributed by atoms with van der Waals surface area (Å²) >= 11 is 7.20. The second-order valence-electron chi connectivity index (χ2n) is 4.37. The van der Waals surface area contributed by atoms with E-state index in [1.165, 1.54) is 0 Å². The molecule has 0 aliphatic carbocycles. The van der Waals surface area contributed by atoms with E-state index in [1.54, 1.807) is 18.3 Å². The quantitative estimate of drug-likeness (QED) is 0.879. The molecule has 0 amide bonds. The number of H-pyrrole nitrogens is 1. The fourth-order valence-corrected chi connectivity index (χ4v) is 3.88. The van der Waals surface area contributed by atoms with Crippen molar-refractivity contribution in [3.63, 3.8) is 0 Å². The first kappa shape index (κ1) is 15.2. The van der Waals surface area contributed by atoms with Crippen LogP contribution in [-0.2, 0) is 16.4 Å². The van der Waals surface area contributed by atoms with Crippen LogP contribution in [0.4, 0.5) is 0 Å². The molecular formula is C12H13ClN2O3S2. The number of sulfonamides is 1. The molecule has 20 heavy (non-hydrogen) atoms. The minimum absolute atomic E-state index is 0.0562. The van der Waals surface area contributed by atoms with Gasteiger partial charge in [-0.15, -0.1) is 0 Å².